The van der Waals surface area contributed by atoms with Crippen molar-refractivity contribution in [3.05, 3.63) is 162 Å². The molecule has 0 saturated carbocycles. The van der Waals surface area contributed by atoms with Gasteiger partial charge in [0.2, 0.25) is 35.2 Å². The van der Waals surface area contributed by atoms with Crippen LogP contribution in [0.5, 0.6) is 0 Å². The number of amides is 3. The van der Waals surface area contributed by atoms with Gasteiger partial charge in [-0.1, -0.05) is 42.8 Å². The van der Waals surface area contributed by atoms with Crippen LogP contribution in [0.4, 0.5) is 34.5 Å². The van der Waals surface area contributed by atoms with Gasteiger partial charge < -0.3 is 68.5 Å². The van der Waals surface area contributed by atoms with Gasteiger partial charge in [0.05, 0.1) is 71.4 Å². The summed E-state index contributed by atoms with van der Waals surface area (Å²) in [5, 5.41) is 41.2. The Balaban J connectivity index is 0.000000169. The van der Waals surface area contributed by atoms with Gasteiger partial charge in [0.25, 0.3) is 0 Å². The molecule has 31 heteroatoms. The van der Waals surface area contributed by atoms with Gasteiger partial charge in [-0.2, -0.15) is 0 Å². The number of carbonyl (C=O) groups excluding carboxylic acids is 6. The molecule has 0 aliphatic carbocycles. The molecule has 2 atom stereocenters. The zero-order valence-corrected chi connectivity index (χ0v) is 57.0. The minimum absolute atomic E-state index is 0.00419. The molecule has 6 aromatic heterocycles. The van der Waals surface area contributed by atoms with Crippen molar-refractivity contribution in [1.82, 2.24) is 59.6 Å². The van der Waals surface area contributed by atoms with Crippen LogP contribution in [0.15, 0.2) is 159 Å². The maximum absolute atomic E-state index is 13.3. The van der Waals surface area contributed by atoms with Gasteiger partial charge in [-0.05, 0) is 166 Å². The molecular weight excluding hydrogens is 1340 g/mol. The highest BCUT2D eigenvalue weighted by Gasteiger charge is 2.27. The Kier molecular flexibility index (Phi) is 25.6. The van der Waals surface area contributed by atoms with E-state index >= 15 is 0 Å². The summed E-state index contributed by atoms with van der Waals surface area (Å²) in [6.45, 7) is 3.54. The number of nitrogens with two attached hydrogens (primary N) is 4. The number of nitrogens with one attached hydrogen (secondary N) is 6. The first-order valence-electron chi connectivity index (χ1n) is 33.2. The van der Waals surface area contributed by atoms with Crippen LogP contribution in [-0.4, -0.2) is 139 Å². The summed E-state index contributed by atoms with van der Waals surface area (Å²) in [5.74, 6) is 8.85. The van der Waals surface area contributed by atoms with Crippen molar-refractivity contribution in [3.63, 3.8) is 0 Å². The number of terminal acetylenes is 3. The molecule has 0 bridgehead atoms. The molecule has 534 valence electrons. The average Bonchev–Trinajstić information content (AvgIpc) is 1.64. The lowest BCUT2D eigenvalue weighted by molar-refractivity contribution is -0.118. The highest BCUT2D eigenvalue weighted by molar-refractivity contribution is 6.02. The molecule has 3 amide bonds. The van der Waals surface area contributed by atoms with Gasteiger partial charge in [0.1, 0.15) is 0 Å². The maximum atomic E-state index is 13.3. The molecule has 0 saturated heterocycles. The van der Waals surface area contributed by atoms with Crippen LogP contribution in [0, 0.1) is 37.0 Å². The number of anilines is 6. The van der Waals surface area contributed by atoms with Gasteiger partial charge in [0.15, 0.2) is 51.9 Å². The number of nitrogens with zero attached hydrogens (tertiary/aromatic N) is 12. The van der Waals surface area contributed by atoms with Crippen molar-refractivity contribution in [2.45, 2.75) is 77.2 Å². The molecule has 0 aliphatic heterocycles. The molecule has 6 heterocycles. The van der Waals surface area contributed by atoms with Crippen molar-refractivity contribution < 1.29 is 42.7 Å². The summed E-state index contributed by atoms with van der Waals surface area (Å²) >= 11 is 0. The van der Waals surface area contributed by atoms with E-state index in [0.29, 0.717) is 154 Å². The summed E-state index contributed by atoms with van der Waals surface area (Å²) in [6.07, 6.45) is 19.6. The average molecular weight is 1420 g/mol. The summed E-state index contributed by atoms with van der Waals surface area (Å²) in [4.78, 5) is 89.1. The van der Waals surface area contributed by atoms with Gasteiger partial charge in [0, 0.05) is 72.6 Å². The normalized spacial score (nSPS) is 11.4. The van der Waals surface area contributed by atoms with Crippen LogP contribution >= 0.6 is 0 Å². The Morgan fingerprint density at radius 1 is 0.448 bits per heavy atom. The van der Waals surface area contributed by atoms with E-state index < -0.39 is 12.1 Å². The highest BCUT2D eigenvalue weighted by Crippen LogP contribution is 2.32. The Hall–Kier alpha value is -13.5. The van der Waals surface area contributed by atoms with Gasteiger partial charge in [-0.3, -0.25) is 28.8 Å². The van der Waals surface area contributed by atoms with E-state index in [4.69, 9.17) is 56.1 Å². The summed E-state index contributed by atoms with van der Waals surface area (Å²) in [6, 6.07) is 41.1. The van der Waals surface area contributed by atoms with Gasteiger partial charge >= 0.3 is 0 Å². The summed E-state index contributed by atoms with van der Waals surface area (Å²) in [7, 11) is 0. The smallest absolute Gasteiger partial charge is 0.241 e. The predicted octanol–water partition coefficient (Wildman–Crippen LogP) is 7.79. The number of imidazole rings is 3. The maximum Gasteiger partial charge on any atom is 0.241 e. The van der Waals surface area contributed by atoms with Gasteiger partial charge in [-0.15, -0.1) is 37.0 Å². The molecular formula is C74H74N22O9. The number of unbranched alkanes of at least 4 members (excludes halogenated alkanes) is 1. The van der Waals surface area contributed by atoms with Crippen LogP contribution in [-0.2, 0) is 34.0 Å². The van der Waals surface area contributed by atoms with E-state index in [1.54, 1.807) is 93.4 Å². The molecule has 6 aromatic carbocycles. The number of fused-ring (bicyclic) bond motifs is 3. The molecule has 0 spiro atoms. The SMILES string of the molecule is C#CCCNc1nonc1-c1nc2ccccc2n1CC(=O)c1ccc(NC(=O)CN)cc1.C#CCCNc1nonc1-c1nc2ccccc2n1CC(=O)c1ccc(NC(=O)[C@@H](N)CCCCN)cc1.C#CCCNc1nonc1-c1nc2ccccc2n1CC(=O)c1ccc(NC(=O)[C@H](C)N)cc1. The number of Topliss-reactive ketones (excluding diaryl/α,β-unsaturated/α-hetero) is 3. The first-order chi connectivity index (χ1) is 51.1. The van der Waals surface area contributed by atoms with Gasteiger partial charge in [-0.25, -0.2) is 28.8 Å². The van der Waals surface area contributed by atoms with Crippen LogP contribution < -0.4 is 54.8 Å². The predicted molar refractivity (Wildman–Crippen MR) is 397 cm³/mol. The molecule has 105 heavy (non-hydrogen) atoms. The van der Waals surface area contributed by atoms with Crippen molar-refractivity contribution in [1.29, 1.82) is 0 Å². The number of rotatable bonds is 31. The fourth-order valence-corrected chi connectivity index (χ4v) is 10.6. The van der Waals surface area contributed by atoms with E-state index in [-0.39, 0.29) is 61.3 Å². The molecule has 0 aliphatic rings. The number of ketones is 3. The largest absolute Gasteiger partial charge is 0.364 e. The lowest BCUT2D eigenvalue weighted by Gasteiger charge is -2.12. The quantitative estimate of drug-likeness (QED) is 0.0112. The van der Waals surface area contributed by atoms with Crippen LogP contribution in [0.25, 0.3) is 67.7 Å². The van der Waals surface area contributed by atoms with Crippen LogP contribution in [0.1, 0.15) is 76.5 Å². The van der Waals surface area contributed by atoms with E-state index in [1.165, 1.54) is 0 Å². The standard InChI is InChI=1S/C27H30N8O3.C24H23N7O3.C23H21N7O3/c1-2-3-16-30-25-24(33-38-34-25)26-32-21-9-4-5-10-22(21)35(26)17-23(36)18-11-13-19(14-12-18)31-27(37)20(29)8-6-7-15-28;1-3-4-13-26-22-21(29-34-30-22)23-28-18-7-5-6-8-19(18)31(23)14-20(32)16-9-11-17(12-10-16)27-24(33)15(2)25;1-2-3-12-25-22-21(28-33-29-22)23-27-17-6-4-5-7-18(17)30(23)14-19(31)15-8-10-16(11-9-15)26-20(32)13-24/h1,4-5,9-14,20H,3,6-8,15-17,28-29H2,(H,30,34)(H,31,37);1,5-12,15H,4,13-14,25H2,2H3,(H,26,30)(H,27,33);1,4-11H,3,12-14,24H2,(H,25,29)(H,26,32)/t20-;15-;/m00./s1. The second-order valence-corrected chi connectivity index (χ2v) is 23.5. The first kappa shape index (κ1) is 74.2. The Labute approximate surface area is 600 Å². The van der Waals surface area contributed by atoms with Crippen LogP contribution in [0.2, 0.25) is 0 Å². The third-order valence-electron chi connectivity index (χ3n) is 16.0. The summed E-state index contributed by atoms with van der Waals surface area (Å²) in [5.41, 5.74) is 31.0. The van der Waals surface area contributed by atoms with E-state index in [0.717, 1.165) is 29.4 Å². The van der Waals surface area contributed by atoms with E-state index in [2.05, 4.69) is 95.6 Å². The number of benzene rings is 6. The Morgan fingerprint density at radius 3 is 1.10 bits per heavy atom. The molecule has 31 nitrogen and oxygen atoms in total. The van der Waals surface area contributed by atoms with Crippen LogP contribution in [0.3, 0.4) is 0 Å². The lowest BCUT2D eigenvalue weighted by Crippen LogP contribution is -2.35. The number of aromatic nitrogens is 12. The van der Waals surface area contributed by atoms with Crippen molar-refractivity contribution in [2.24, 2.45) is 22.9 Å². The third kappa shape index (κ3) is 18.9. The number of para-hydroxylation sites is 6. The number of hydrogen-bond acceptors (Lipinski definition) is 25. The minimum atomic E-state index is -0.633. The number of hydrogen-bond donors (Lipinski definition) is 10. The molecule has 12 aromatic rings. The molecule has 0 fully saturated rings. The first-order valence-corrected chi connectivity index (χ1v) is 33.2. The zero-order valence-electron chi connectivity index (χ0n) is 57.0. The minimum Gasteiger partial charge on any atom is -0.364 e. The monoisotopic (exact) mass is 1410 g/mol. The highest BCUT2D eigenvalue weighted by atomic mass is 16.6. The van der Waals surface area contributed by atoms with Crippen molar-refractivity contribution in [3.8, 4) is 71.6 Å². The second kappa shape index (κ2) is 36.2. The molecule has 0 radical (unpaired) electrons. The van der Waals surface area contributed by atoms with E-state index in [9.17, 15) is 28.8 Å². The topological polar surface area (TPSA) is 449 Å². The Morgan fingerprint density at radius 2 is 0.781 bits per heavy atom. The molecule has 14 N–H and O–H groups in total. The van der Waals surface area contributed by atoms with Crippen molar-refractivity contribution in [2.75, 3.05) is 64.6 Å². The second-order valence-electron chi connectivity index (χ2n) is 23.5. The fourth-order valence-electron chi connectivity index (χ4n) is 10.6. The molecule has 0 unspecified atom stereocenters. The zero-order chi connectivity index (χ0) is 74.2. The van der Waals surface area contributed by atoms with E-state index in [1.807, 2.05) is 72.8 Å². The third-order valence-corrected chi connectivity index (χ3v) is 16.0. The van der Waals surface area contributed by atoms with Crippen molar-refractivity contribution >= 4 is 103 Å². The number of carbonyl (C=O) groups is 6. The lowest BCUT2D eigenvalue weighted by atomic mass is 10.1. The summed E-state index contributed by atoms with van der Waals surface area (Å²) < 4.78 is 20.1. The molecule has 12 rings (SSSR count). The Bertz CT molecular complexity index is 5140. The fraction of sp³-hybridized carbons (Fsp3) is 0.230.